The van der Waals surface area contributed by atoms with Crippen LogP contribution in [0, 0.1) is 6.92 Å². The van der Waals surface area contributed by atoms with Crippen LogP contribution >= 0.6 is 0 Å². The van der Waals surface area contributed by atoms with E-state index in [9.17, 15) is 4.79 Å². The number of nitrogens with zero attached hydrogens (tertiary/aromatic N) is 1. The summed E-state index contributed by atoms with van der Waals surface area (Å²) in [7, 11) is 1.69. The van der Waals surface area contributed by atoms with E-state index in [2.05, 4.69) is 13.8 Å². The van der Waals surface area contributed by atoms with Crippen LogP contribution in [0.15, 0.2) is 12.1 Å². The number of hydrogen-bond acceptors (Lipinski definition) is 2. The van der Waals surface area contributed by atoms with Crippen molar-refractivity contribution < 1.29 is 9.53 Å². The van der Waals surface area contributed by atoms with Gasteiger partial charge in [0, 0.05) is 18.7 Å². The Morgan fingerprint density at radius 2 is 1.76 bits per heavy atom. The van der Waals surface area contributed by atoms with E-state index in [0.29, 0.717) is 5.92 Å². The Balaban J connectivity index is 2.33. The molecular formula is C18H27NO2. The summed E-state index contributed by atoms with van der Waals surface area (Å²) >= 11 is 0. The van der Waals surface area contributed by atoms with Crippen molar-refractivity contribution in [1.29, 1.82) is 0 Å². The monoisotopic (exact) mass is 289 g/mol. The van der Waals surface area contributed by atoms with Crippen molar-refractivity contribution in [2.24, 2.45) is 0 Å². The summed E-state index contributed by atoms with van der Waals surface area (Å²) in [5, 5.41) is 0. The second-order valence-electron chi connectivity index (χ2n) is 6.27. The van der Waals surface area contributed by atoms with Gasteiger partial charge in [0.2, 0.25) is 0 Å². The molecule has 1 amide bonds. The summed E-state index contributed by atoms with van der Waals surface area (Å²) in [6.45, 7) is 8.04. The number of ether oxygens (including phenoxy) is 1. The summed E-state index contributed by atoms with van der Waals surface area (Å²) in [5.74, 6) is 1.41. The lowest BCUT2D eigenvalue weighted by Crippen LogP contribution is -2.32. The van der Waals surface area contributed by atoms with Crippen molar-refractivity contribution in [3.63, 3.8) is 0 Å². The second kappa shape index (κ2) is 6.97. The van der Waals surface area contributed by atoms with E-state index in [0.717, 1.165) is 48.4 Å². The van der Waals surface area contributed by atoms with Gasteiger partial charge in [0.15, 0.2) is 0 Å². The fourth-order valence-electron chi connectivity index (χ4n) is 3.00. The molecule has 3 heteroatoms. The largest absolute Gasteiger partial charge is 0.496 e. The molecule has 0 bridgehead atoms. The van der Waals surface area contributed by atoms with Crippen molar-refractivity contribution in [1.82, 2.24) is 4.90 Å². The van der Waals surface area contributed by atoms with Crippen molar-refractivity contribution in [2.45, 2.75) is 52.4 Å². The normalized spacial score (nSPS) is 16.0. The summed E-state index contributed by atoms with van der Waals surface area (Å²) < 4.78 is 5.46. The Bertz CT molecular complexity index is 500. The minimum atomic E-state index is 0.180. The SMILES string of the molecule is COc1cc(C)c(C(=O)N2CCCCCC2)cc1C(C)C. The van der Waals surface area contributed by atoms with Gasteiger partial charge < -0.3 is 9.64 Å². The van der Waals surface area contributed by atoms with Gasteiger partial charge >= 0.3 is 0 Å². The Hall–Kier alpha value is -1.51. The van der Waals surface area contributed by atoms with Gasteiger partial charge in [-0.05, 0) is 48.9 Å². The molecule has 1 aromatic rings. The molecule has 1 heterocycles. The summed E-state index contributed by atoms with van der Waals surface area (Å²) in [5.41, 5.74) is 2.95. The molecule has 0 radical (unpaired) electrons. The zero-order valence-corrected chi connectivity index (χ0v) is 13.7. The molecule has 116 valence electrons. The van der Waals surface area contributed by atoms with Crippen molar-refractivity contribution in [3.8, 4) is 5.75 Å². The number of aryl methyl sites for hydroxylation is 1. The zero-order valence-electron chi connectivity index (χ0n) is 13.7. The maximum atomic E-state index is 12.8. The summed E-state index contributed by atoms with van der Waals surface area (Å²) in [6.07, 6.45) is 4.72. The smallest absolute Gasteiger partial charge is 0.254 e. The van der Waals surface area contributed by atoms with E-state index in [4.69, 9.17) is 4.74 Å². The van der Waals surface area contributed by atoms with Crippen LogP contribution in [0.4, 0.5) is 0 Å². The molecule has 0 spiro atoms. The third-order valence-electron chi connectivity index (χ3n) is 4.32. The van der Waals surface area contributed by atoms with E-state index < -0.39 is 0 Å². The Labute approximate surface area is 128 Å². The van der Waals surface area contributed by atoms with E-state index in [1.54, 1.807) is 7.11 Å². The van der Waals surface area contributed by atoms with Crippen molar-refractivity contribution >= 4 is 5.91 Å². The molecule has 1 saturated heterocycles. The number of methoxy groups -OCH3 is 1. The van der Waals surface area contributed by atoms with Gasteiger partial charge in [-0.15, -0.1) is 0 Å². The van der Waals surface area contributed by atoms with Gasteiger partial charge in [-0.3, -0.25) is 4.79 Å². The molecule has 0 unspecified atom stereocenters. The predicted octanol–water partition coefficient (Wildman–Crippen LogP) is 4.14. The molecule has 2 rings (SSSR count). The number of amides is 1. The van der Waals surface area contributed by atoms with Gasteiger partial charge in [0.25, 0.3) is 5.91 Å². The third-order valence-corrected chi connectivity index (χ3v) is 4.32. The van der Waals surface area contributed by atoms with E-state index >= 15 is 0 Å². The number of benzene rings is 1. The minimum absolute atomic E-state index is 0.180. The van der Waals surface area contributed by atoms with Crippen LogP contribution in [-0.4, -0.2) is 31.0 Å². The molecule has 1 aliphatic heterocycles. The van der Waals surface area contributed by atoms with E-state index in [-0.39, 0.29) is 5.91 Å². The number of rotatable bonds is 3. The van der Waals surface area contributed by atoms with Crippen LogP contribution < -0.4 is 4.74 Å². The molecule has 1 fully saturated rings. The second-order valence-corrected chi connectivity index (χ2v) is 6.27. The first-order chi connectivity index (χ1) is 10.0. The lowest BCUT2D eigenvalue weighted by Gasteiger charge is -2.23. The highest BCUT2D eigenvalue weighted by atomic mass is 16.5. The molecule has 0 aromatic heterocycles. The van der Waals surface area contributed by atoms with Gasteiger partial charge in [-0.2, -0.15) is 0 Å². The molecule has 1 aliphatic rings. The highest BCUT2D eigenvalue weighted by Crippen LogP contribution is 2.30. The molecule has 0 saturated carbocycles. The zero-order chi connectivity index (χ0) is 15.4. The topological polar surface area (TPSA) is 29.5 Å². The van der Waals surface area contributed by atoms with Gasteiger partial charge in [0.1, 0.15) is 5.75 Å². The molecule has 3 nitrogen and oxygen atoms in total. The summed E-state index contributed by atoms with van der Waals surface area (Å²) in [4.78, 5) is 14.9. The molecular weight excluding hydrogens is 262 g/mol. The number of carbonyl (C=O) groups is 1. The predicted molar refractivity (Wildman–Crippen MR) is 86.2 cm³/mol. The number of likely N-dealkylation sites (tertiary alicyclic amines) is 1. The standard InChI is InChI=1S/C18H27NO2/c1-13(2)15-12-16(14(3)11-17(15)21-4)18(20)19-9-7-5-6-8-10-19/h11-13H,5-10H2,1-4H3. The van der Waals surface area contributed by atoms with Crippen molar-refractivity contribution in [2.75, 3.05) is 20.2 Å². The fraction of sp³-hybridized carbons (Fsp3) is 0.611. The summed E-state index contributed by atoms with van der Waals surface area (Å²) in [6, 6.07) is 4.03. The van der Waals surface area contributed by atoms with Crippen LogP contribution in [-0.2, 0) is 0 Å². The maximum absolute atomic E-state index is 12.8. The number of carbonyl (C=O) groups excluding carboxylic acids is 1. The average Bonchev–Trinajstić information content (AvgIpc) is 2.74. The highest BCUT2D eigenvalue weighted by molar-refractivity contribution is 5.96. The van der Waals surface area contributed by atoms with E-state index in [1.807, 2.05) is 24.0 Å². The molecule has 0 aliphatic carbocycles. The van der Waals surface area contributed by atoms with Crippen LogP contribution in [0.3, 0.4) is 0 Å². The van der Waals surface area contributed by atoms with E-state index in [1.165, 1.54) is 12.8 Å². The van der Waals surface area contributed by atoms with Crippen LogP contribution in [0.5, 0.6) is 5.75 Å². The highest BCUT2D eigenvalue weighted by Gasteiger charge is 2.21. The average molecular weight is 289 g/mol. The van der Waals surface area contributed by atoms with Crippen LogP contribution in [0.25, 0.3) is 0 Å². The molecule has 0 N–H and O–H groups in total. The first-order valence-electron chi connectivity index (χ1n) is 8.02. The Kier molecular flexibility index (Phi) is 5.27. The van der Waals surface area contributed by atoms with Crippen LogP contribution in [0.1, 0.15) is 66.9 Å². The van der Waals surface area contributed by atoms with Gasteiger partial charge in [-0.25, -0.2) is 0 Å². The Morgan fingerprint density at radius 1 is 1.14 bits per heavy atom. The van der Waals surface area contributed by atoms with Crippen molar-refractivity contribution in [3.05, 3.63) is 28.8 Å². The number of hydrogen-bond donors (Lipinski definition) is 0. The fourth-order valence-corrected chi connectivity index (χ4v) is 3.00. The third kappa shape index (κ3) is 3.58. The first-order valence-corrected chi connectivity index (χ1v) is 8.02. The van der Waals surface area contributed by atoms with Crippen LogP contribution in [0.2, 0.25) is 0 Å². The quantitative estimate of drug-likeness (QED) is 0.837. The molecule has 1 aromatic carbocycles. The lowest BCUT2D eigenvalue weighted by molar-refractivity contribution is 0.0761. The minimum Gasteiger partial charge on any atom is -0.496 e. The maximum Gasteiger partial charge on any atom is 0.254 e. The van der Waals surface area contributed by atoms with Gasteiger partial charge in [0.05, 0.1) is 7.11 Å². The lowest BCUT2D eigenvalue weighted by atomic mass is 9.95. The Morgan fingerprint density at radius 3 is 2.29 bits per heavy atom. The van der Waals surface area contributed by atoms with Gasteiger partial charge in [-0.1, -0.05) is 26.7 Å². The molecule has 0 atom stereocenters. The molecule has 21 heavy (non-hydrogen) atoms. The first kappa shape index (κ1) is 15.9.